The van der Waals surface area contributed by atoms with E-state index in [-0.39, 0.29) is 35.8 Å². The first-order valence-electron chi connectivity index (χ1n) is 12.6. The number of Topliss-reactive ketones (excluding diaryl/α,β-unsaturated/α-hetero) is 1. The van der Waals surface area contributed by atoms with Gasteiger partial charge in [0.05, 0.1) is 6.54 Å². The molecule has 0 unspecified atom stereocenters. The normalized spacial score (nSPS) is 13.7. The second-order valence-electron chi connectivity index (χ2n) is 9.29. The molecule has 2 aromatic heterocycles. The number of benzene rings is 2. The molecule has 9 nitrogen and oxygen atoms in total. The van der Waals surface area contributed by atoms with Gasteiger partial charge in [-0.15, -0.1) is 0 Å². The molecule has 4 aromatic rings. The number of aromatic nitrogens is 3. The molecule has 3 heterocycles. The van der Waals surface area contributed by atoms with Crippen molar-refractivity contribution in [1.82, 2.24) is 14.5 Å². The zero-order valence-electron chi connectivity index (χ0n) is 21.1. The van der Waals surface area contributed by atoms with E-state index in [0.717, 1.165) is 5.56 Å². The molecule has 200 valence electrons. The minimum Gasteiger partial charge on any atom is -0.457 e. The number of anilines is 2. The summed E-state index contributed by atoms with van der Waals surface area (Å²) >= 11 is 6.05. The van der Waals surface area contributed by atoms with E-state index >= 15 is 0 Å². The van der Waals surface area contributed by atoms with Crippen LogP contribution in [0.4, 0.5) is 11.6 Å². The van der Waals surface area contributed by atoms with Crippen molar-refractivity contribution in [2.45, 2.75) is 25.8 Å². The molecular weight excluding hydrogens is 520 g/mol. The van der Waals surface area contributed by atoms with Gasteiger partial charge in [-0.25, -0.2) is 4.98 Å². The predicted molar refractivity (Wildman–Crippen MR) is 148 cm³/mol. The smallest absolute Gasteiger partial charge is 0.258 e. The Morgan fingerprint density at radius 3 is 2.51 bits per heavy atom. The number of halogens is 1. The molecule has 10 heteroatoms. The van der Waals surface area contributed by atoms with Crippen LogP contribution in [0.5, 0.6) is 11.5 Å². The molecule has 2 N–H and O–H groups in total. The topological polar surface area (TPSA) is 115 Å². The van der Waals surface area contributed by atoms with Crippen LogP contribution < -0.4 is 21.2 Å². The van der Waals surface area contributed by atoms with Gasteiger partial charge in [0, 0.05) is 60.3 Å². The first-order chi connectivity index (χ1) is 18.9. The Kier molecular flexibility index (Phi) is 8.19. The lowest BCUT2D eigenvalue weighted by molar-refractivity contribution is -0.125. The van der Waals surface area contributed by atoms with Crippen LogP contribution in [-0.2, 0) is 22.5 Å². The summed E-state index contributed by atoms with van der Waals surface area (Å²) in [5, 5.41) is 3.80. The molecule has 0 amide bonds. The van der Waals surface area contributed by atoms with Crippen LogP contribution in [0.1, 0.15) is 24.0 Å². The molecule has 2 aromatic carbocycles. The largest absolute Gasteiger partial charge is 0.457 e. The van der Waals surface area contributed by atoms with Gasteiger partial charge >= 0.3 is 0 Å². The highest BCUT2D eigenvalue weighted by Crippen LogP contribution is 2.24. The van der Waals surface area contributed by atoms with Gasteiger partial charge in [-0.05, 0) is 60.9 Å². The third-order valence-corrected chi connectivity index (χ3v) is 6.76. The van der Waals surface area contributed by atoms with Crippen molar-refractivity contribution >= 4 is 29.0 Å². The van der Waals surface area contributed by atoms with Crippen LogP contribution in [0.15, 0.2) is 82.6 Å². The van der Waals surface area contributed by atoms with Crippen molar-refractivity contribution in [3.05, 3.63) is 110 Å². The predicted octanol–water partition coefficient (Wildman–Crippen LogP) is 4.71. The van der Waals surface area contributed by atoms with Crippen molar-refractivity contribution in [3.8, 4) is 11.5 Å². The summed E-state index contributed by atoms with van der Waals surface area (Å²) in [6.45, 7) is 1.37. The Morgan fingerprint density at radius 2 is 1.79 bits per heavy atom. The minimum absolute atomic E-state index is 0.0335. The molecule has 0 bridgehead atoms. The maximum absolute atomic E-state index is 13.6. The highest BCUT2D eigenvalue weighted by atomic mass is 35.5. The molecule has 39 heavy (non-hydrogen) atoms. The highest BCUT2D eigenvalue weighted by Gasteiger charge is 2.23. The quantitative estimate of drug-likeness (QED) is 0.312. The van der Waals surface area contributed by atoms with Gasteiger partial charge in [-0.1, -0.05) is 23.7 Å². The van der Waals surface area contributed by atoms with Crippen LogP contribution in [0.3, 0.4) is 0 Å². The van der Waals surface area contributed by atoms with Crippen LogP contribution in [-0.4, -0.2) is 33.5 Å². The third kappa shape index (κ3) is 6.81. The Bertz CT molecular complexity index is 1560. The number of ketones is 1. The van der Waals surface area contributed by atoms with Crippen LogP contribution in [0, 0.1) is 5.92 Å². The number of hydrogen-bond acceptors (Lipinski definition) is 7. The Morgan fingerprint density at radius 1 is 1.05 bits per heavy atom. The van der Waals surface area contributed by atoms with Gasteiger partial charge in [-0.2, -0.15) is 0 Å². The summed E-state index contributed by atoms with van der Waals surface area (Å²) in [7, 11) is 0. The molecule has 1 fully saturated rings. The molecule has 0 atom stereocenters. The molecule has 5 rings (SSSR count). The van der Waals surface area contributed by atoms with Crippen LogP contribution in [0.25, 0.3) is 0 Å². The Hall–Kier alpha value is -4.21. The van der Waals surface area contributed by atoms with Gasteiger partial charge in [0.1, 0.15) is 17.3 Å². The standard InChI is InChI=1S/C29H27ClN4O5/c30-22-3-1-19(2-4-22)18-34-28(37)21(15-26(35)20-10-13-38-14-11-20)17-32-29(34)33-23-5-7-24(8-6-23)39-25-9-12-31-27(36)16-25/h1-9,12,16-17,20H,10-11,13-15,18H2,(H,31,36)(H,32,33). The molecule has 0 aliphatic carbocycles. The number of rotatable bonds is 9. The van der Waals surface area contributed by atoms with E-state index < -0.39 is 0 Å². The van der Waals surface area contributed by atoms with Crippen molar-refractivity contribution < 1.29 is 14.3 Å². The van der Waals surface area contributed by atoms with E-state index in [2.05, 4.69) is 15.3 Å². The van der Waals surface area contributed by atoms with E-state index in [4.69, 9.17) is 21.1 Å². The van der Waals surface area contributed by atoms with E-state index in [0.29, 0.717) is 59.8 Å². The van der Waals surface area contributed by atoms with Gasteiger partial charge in [-0.3, -0.25) is 19.0 Å². The number of nitrogens with one attached hydrogen (secondary N) is 2. The molecular formula is C29H27ClN4O5. The summed E-state index contributed by atoms with van der Waals surface area (Å²) in [5.74, 6) is 1.23. The van der Waals surface area contributed by atoms with E-state index in [9.17, 15) is 14.4 Å². The molecule has 1 aliphatic rings. The lowest BCUT2D eigenvalue weighted by Gasteiger charge is -2.21. The first kappa shape index (κ1) is 26.4. The maximum atomic E-state index is 13.6. The second kappa shape index (κ2) is 12.1. The van der Waals surface area contributed by atoms with Crippen molar-refractivity contribution in [2.75, 3.05) is 18.5 Å². The second-order valence-corrected chi connectivity index (χ2v) is 9.73. The molecule has 0 spiro atoms. The van der Waals surface area contributed by atoms with Crippen molar-refractivity contribution in [2.24, 2.45) is 5.92 Å². The molecule has 1 aliphatic heterocycles. The van der Waals surface area contributed by atoms with Crippen molar-refractivity contribution in [3.63, 3.8) is 0 Å². The number of H-pyrrole nitrogens is 1. The lowest BCUT2D eigenvalue weighted by atomic mass is 9.92. The average Bonchev–Trinajstić information content (AvgIpc) is 2.95. The van der Waals surface area contributed by atoms with Gasteiger partial charge in [0.2, 0.25) is 5.95 Å². The average molecular weight is 547 g/mol. The number of nitrogens with zero attached hydrogens (tertiary/aromatic N) is 2. The van der Waals surface area contributed by atoms with E-state index in [1.807, 2.05) is 12.1 Å². The SMILES string of the molecule is O=C(Cc1cnc(Nc2ccc(Oc3cc[nH]c(=O)c3)cc2)n(Cc2ccc(Cl)cc2)c1=O)C1CCOCC1. The Labute approximate surface area is 229 Å². The fourth-order valence-corrected chi connectivity index (χ4v) is 4.51. The monoisotopic (exact) mass is 546 g/mol. The summed E-state index contributed by atoms with van der Waals surface area (Å²) < 4.78 is 12.6. The number of carbonyl (C=O) groups excluding carboxylic acids is 1. The number of ether oxygens (including phenoxy) is 2. The van der Waals surface area contributed by atoms with Crippen LogP contribution >= 0.6 is 11.6 Å². The first-order valence-corrected chi connectivity index (χ1v) is 13.0. The van der Waals surface area contributed by atoms with Gasteiger partial charge in [0.25, 0.3) is 11.1 Å². The fraction of sp³-hybridized carbons (Fsp3) is 0.241. The van der Waals surface area contributed by atoms with Gasteiger partial charge in [0.15, 0.2) is 0 Å². The van der Waals surface area contributed by atoms with E-state index in [1.165, 1.54) is 23.0 Å². The third-order valence-electron chi connectivity index (χ3n) is 6.51. The van der Waals surface area contributed by atoms with Gasteiger partial charge < -0.3 is 19.8 Å². The van der Waals surface area contributed by atoms with E-state index in [1.54, 1.807) is 42.5 Å². The molecule has 0 radical (unpaired) electrons. The van der Waals surface area contributed by atoms with Crippen LogP contribution in [0.2, 0.25) is 5.02 Å². The maximum Gasteiger partial charge on any atom is 0.258 e. The summed E-state index contributed by atoms with van der Waals surface area (Å²) in [5.41, 5.74) is 1.36. The fourth-order valence-electron chi connectivity index (χ4n) is 4.39. The summed E-state index contributed by atoms with van der Waals surface area (Å²) in [4.78, 5) is 45.0. The number of carbonyl (C=O) groups is 1. The Balaban J connectivity index is 1.39. The number of pyridine rings is 1. The number of hydrogen-bond donors (Lipinski definition) is 2. The zero-order chi connectivity index (χ0) is 27.2. The van der Waals surface area contributed by atoms with Crippen molar-refractivity contribution in [1.29, 1.82) is 0 Å². The minimum atomic E-state index is -0.280. The molecule has 0 saturated carbocycles. The summed E-state index contributed by atoms with van der Waals surface area (Å²) in [6.07, 6.45) is 4.37. The highest BCUT2D eigenvalue weighted by molar-refractivity contribution is 6.30. The summed E-state index contributed by atoms with van der Waals surface area (Å²) in [6, 6.07) is 17.3. The number of aromatic amines is 1. The lowest BCUT2D eigenvalue weighted by Crippen LogP contribution is -2.31. The zero-order valence-corrected chi connectivity index (χ0v) is 21.8. The molecule has 1 saturated heterocycles.